The van der Waals surface area contributed by atoms with E-state index in [2.05, 4.69) is 5.32 Å². The maximum Gasteiger partial charge on any atom is 0.328 e. The topological polar surface area (TPSA) is 86.1 Å². The lowest BCUT2D eigenvalue weighted by molar-refractivity contribution is -0.133. The van der Waals surface area contributed by atoms with Crippen molar-refractivity contribution in [2.75, 3.05) is 26.2 Å². The standard InChI is InChI=1S/C20H20F2N4O4/c21-15-4-3-13(8-16(15)22)9-23-18(27)12-26-19(28)17-11-24(5-6-25(17)20(26)29)10-14-2-1-7-30-14/h1-4,7-8,17H,5-6,9-12H2,(H,23,27). The van der Waals surface area contributed by atoms with Gasteiger partial charge in [0.25, 0.3) is 5.91 Å². The number of carbonyl (C=O) groups excluding carboxylic acids is 3. The van der Waals surface area contributed by atoms with Gasteiger partial charge in [-0.3, -0.25) is 19.4 Å². The zero-order chi connectivity index (χ0) is 21.3. The van der Waals surface area contributed by atoms with Crippen molar-refractivity contribution in [3.63, 3.8) is 0 Å². The fourth-order valence-electron chi connectivity index (χ4n) is 3.67. The number of benzene rings is 1. The van der Waals surface area contributed by atoms with Crippen molar-refractivity contribution in [2.45, 2.75) is 19.1 Å². The third-order valence-electron chi connectivity index (χ3n) is 5.23. The van der Waals surface area contributed by atoms with Crippen molar-refractivity contribution >= 4 is 17.8 Å². The molecule has 2 fully saturated rings. The van der Waals surface area contributed by atoms with Gasteiger partial charge < -0.3 is 14.6 Å². The molecule has 8 nitrogen and oxygen atoms in total. The second kappa shape index (κ2) is 8.23. The molecule has 0 radical (unpaired) electrons. The van der Waals surface area contributed by atoms with E-state index in [-0.39, 0.29) is 6.54 Å². The summed E-state index contributed by atoms with van der Waals surface area (Å²) in [5.74, 6) is -2.20. The summed E-state index contributed by atoms with van der Waals surface area (Å²) in [4.78, 5) is 42.0. The highest BCUT2D eigenvalue weighted by Crippen LogP contribution is 2.23. The number of piperazine rings is 1. The largest absolute Gasteiger partial charge is 0.468 e. The number of nitrogens with one attached hydrogen (secondary N) is 1. The number of fused-ring (bicyclic) bond motifs is 1. The minimum absolute atomic E-state index is 0.0453. The van der Waals surface area contributed by atoms with Crippen molar-refractivity contribution in [2.24, 2.45) is 0 Å². The van der Waals surface area contributed by atoms with Crippen molar-refractivity contribution in [3.8, 4) is 0 Å². The molecule has 0 bridgehead atoms. The van der Waals surface area contributed by atoms with Gasteiger partial charge in [-0.1, -0.05) is 6.07 Å². The Morgan fingerprint density at radius 1 is 1.17 bits per heavy atom. The van der Waals surface area contributed by atoms with Crippen LogP contribution in [0.15, 0.2) is 41.0 Å². The Balaban J connectivity index is 1.33. The van der Waals surface area contributed by atoms with Gasteiger partial charge in [0.05, 0.1) is 12.8 Å². The molecule has 1 aromatic heterocycles. The molecular formula is C20H20F2N4O4. The van der Waals surface area contributed by atoms with Crippen LogP contribution < -0.4 is 5.32 Å². The van der Waals surface area contributed by atoms with Crippen LogP contribution in [0.25, 0.3) is 0 Å². The smallest absolute Gasteiger partial charge is 0.328 e. The van der Waals surface area contributed by atoms with Gasteiger partial charge in [-0.05, 0) is 29.8 Å². The number of urea groups is 1. The zero-order valence-electron chi connectivity index (χ0n) is 16.0. The van der Waals surface area contributed by atoms with Crippen LogP contribution in [0.1, 0.15) is 11.3 Å². The Morgan fingerprint density at radius 3 is 2.73 bits per heavy atom. The maximum atomic E-state index is 13.3. The number of amides is 4. The molecule has 0 aliphatic carbocycles. The normalized spacial score (nSPS) is 19.3. The summed E-state index contributed by atoms with van der Waals surface area (Å²) in [6.45, 7) is 1.39. The zero-order valence-corrected chi connectivity index (χ0v) is 16.0. The van der Waals surface area contributed by atoms with Crippen LogP contribution >= 0.6 is 0 Å². The van der Waals surface area contributed by atoms with Crippen LogP contribution in [0.2, 0.25) is 0 Å². The quantitative estimate of drug-likeness (QED) is 0.716. The summed E-state index contributed by atoms with van der Waals surface area (Å²) in [6.07, 6.45) is 1.58. The molecule has 158 valence electrons. The second-order valence-corrected chi connectivity index (χ2v) is 7.26. The number of carbonyl (C=O) groups is 3. The number of hydrogen-bond donors (Lipinski definition) is 1. The van der Waals surface area contributed by atoms with Gasteiger partial charge >= 0.3 is 6.03 Å². The number of imide groups is 1. The van der Waals surface area contributed by atoms with Gasteiger partial charge in [-0.25, -0.2) is 13.6 Å². The van der Waals surface area contributed by atoms with Gasteiger partial charge in [0.15, 0.2) is 11.6 Å². The third kappa shape index (κ3) is 4.04. The van der Waals surface area contributed by atoms with Crippen molar-refractivity contribution in [3.05, 3.63) is 59.6 Å². The summed E-state index contributed by atoms with van der Waals surface area (Å²) < 4.78 is 31.6. The van der Waals surface area contributed by atoms with Crippen LogP contribution in [0.3, 0.4) is 0 Å². The lowest BCUT2D eigenvalue weighted by atomic mass is 10.2. The number of furan rings is 1. The summed E-state index contributed by atoms with van der Waals surface area (Å²) in [5.41, 5.74) is 0.368. The molecule has 2 saturated heterocycles. The highest BCUT2D eigenvalue weighted by molar-refractivity contribution is 6.06. The Labute approximate surface area is 171 Å². The lowest BCUT2D eigenvalue weighted by Gasteiger charge is -2.34. The average Bonchev–Trinajstić information content (AvgIpc) is 3.32. The summed E-state index contributed by atoms with van der Waals surface area (Å²) >= 11 is 0. The molecule has 1 aromatic carbocycles. The predicted octanol–water partition coefficient (Wildman–Crippen LogP) is 1.32. The van der Waals surface area contributed by atoms with E-state index in [4.69, 9.17) is 4.42 Å². The van der Waals surface area contributed by atoms with E-state index in [1.807, 2.05) is 11.0 Å². The molecule has 4 rings (SSSR count). The summed E-state index contributed by atoms with van der Waals surface area (Å²) in [6, 6.07) is 5.80. The van der Waals surface area contributed by atoms with Gasteiger partial charge in [-0.15, -0.1) is 0 Å². The first-order valence-corrected chi connectivity index (χ1v) is 9.49. The molecule has 2 aliphatic heterocycles. The highest BCUT2D eigenvalue weighted by atomic mass is 19.2. The Bertz CT molecular complexity index is 966. The van der Waals surface area contributed by atoms with Gasteiger partial charge in [0.1, 0.15) is 18.3 Å². The number of rotatable bonds is 6. The van der Waals surface area contributed by atoms with Gasteiger partial charge in [-0.2, -0.15) is 0 Å². The average molecular weight is 418 g/mol. The fourth-order valence-corrected chi connectivity index (χ4v) is 3.67. The van der Waals surface area contributed by atoms with E-state index in [0.717, 1.165) is 22.8 Å². The Hall–Kier alpha value is -3.27. The van der Waals surface area contributed by atoms with Crippen molar-refractivity contribution in [1.29, 1.82) is 0 Å². The Morgan fingerprint density at radius 2 is 2.00 bits per heavy atom. The number of hydrogen-bond acceptors (Lipinski definition) is 5. The van der Waals surface area contributed by atoms with Crippen LogP contribution in [0.4, 0.5) is 13.6 Å². The molecule has 4 amide bonds. The number of halogens is 2. The summed E-state index contributed by atoms with van der Waals surface area (Å²) in [7, 11) is 0. The van der Waals surface area contributed by atoms with Crippen LogP contribution in [0, 0.1) is 11.6 Å². The van der Waals surface area contributed by atoms with Crippen LogP contribution in [0.5, 0.6) is 0 Å². The first kappa shape index (κ1) is 20.0. The van der Waals surface area contributed by atoms with E-state index in [0.29, 0.717) is 31.7 Å². The lowest BCUT2D eigenvalue weighted by Crippen LogP contribution is -2.52. The number of nitrogens with zero attached hydrogens (tertiary/aromatic N) is 3. The SMILES string of the molecule is O=C(CN1C(=O)C2CN(Cc3ccco3)CCN2C1=O)NCc1ccc(F)c(F)c1. The van der Waals surface area contributed by atoms with E-state index in [1.54, 1.807) is 12.3 Å². The second-order valence-electron chi connectivity index (χ2n) is 7.26. The van der Waals surface area contributed by atoms with Crippen LogP contribution in [-0.2, 0) is 22.7 Å². The minimum atomic E-state index is -1.01. The van der Waals surface area contributed by atoms with Crippen LogP contribution in [-0.4, -0.2) is 64.8 Å². The molecule has 30 heavy (non-hydrogen) atoms. The van der Waals surface area contributed by atoms with Gasteiger partial charge in [0, 0.05) is 26.2 Å². The minimum Gasteiger partial charge on any atom is -0.468 e. The van der Waals surface area contributed by atoms with Crippen molar-refractivity contribution < 1.29 is 27.6 Å². The van der Waals surface area contributed by atoms with E-state index in [9.17, 15) is 23.2 Å². The van der Waals surface area contributed by atoms with Crippen molar-refractivity contribution in [1.82, 2.24) is 20.0 Å². The van der Waals surface area contributed by atoms with Gasteiger partial charge in [0.2, 0.25) is 5.91 Å². The maximum absolute atomic E-state index is 13.3. The monoisotopic (exact) mass is 418 g/mol. The fraction of sp³-hybridized carbons (Fsp3) is 0.350. The predicted molar refractivity (Wildman–Crippen MR) is 99.8 cm³/mol. The molecule has 3 heterocycles. The molecule has 1 atom stereocenters. The molecule has 1 unspecified atom stereocenters. The van der Waals surface area contributed by atoms with E-state index >= 15 is 0 Å². The van der Waals surface area contributed by atoms with E-state index < -0.39 is 42.1 Å². The molecule has 0 saturated carbocycles. The molecule has 0 spiro atoms. The molecular weight excluding hydrogens is 398 g/mol. The first-order chi connectivity index (χ1) is 14.4. The molecule has 10 heteroatoms. The van der Waals surface area contributed by atoms with E-state index in [1.165, 1.54) is 11.0 Å². The summed E-state index contributed by atoms with van der Waals surface area (Å²) in [5, 5.41) is 2.52. The third-order valence-corrected chi connectivity index (χ3v) is 5.23. The molecule has 2 aromatic rings. The highest BCUT2D eigenvalue weighted by Gasteiger charge is 2.48. The molecule has 2 aliphatic rings. The Kier molecular flexibility index (Phi) is 5.49. The molecule has 1 N–H and O–H groups in total. The first-order valence-electron chi connectivity index (χ1n) is 9.49.